The Morgan fingerprint density at radius 1 is 1.14 bits per heavy atom. The van der Waals surface area contributed by atoms with Crippen molar-refractivity contribution in [3.05, 3.63) is 0 Å². The average molecular weight is 294 g/mol. The van der Waals surface area contributed by atoms with Crippen LogP contribution in [0.5, 0.6) is 0 Å². The number of carbonyl (C=O) groups is 2. The number of carbonyl (C=O) groups excluding carboxylic acids is 2. The van der Waals surface area contributed by atoms with E-state index >= 15 is 0 Å². The van der Waals surface area contributed by atoms with Crippen LogP contribution in [0.1, 0.15) is 78.6 Å². The summed E-state index contributed by atoms with van der Waals surface area (Å²) in [5.74, 6) is 0.181. The normalized spacial score (nSPS) is 32.0. The lowest BCUT2D eigenvalue weighted by Crippen LogP contribution is -2.70. The zero-order chi connectivity index (χ0) is 15.5. The molecule has 0 aromatic carbocycles. The molecule has 21 heavy (non-hydrogen) atoms. The predicted molar refractivity (Wildman–Crippen MR) is 83.9 cm³/mol. The quantitative estimate of drug-likeness (QED) is 0.810. The van der Waals surface area contributed by atoms with E-state index in [2.05, 4.69) is 12.2 Å². The van der Waals surface area contributed by atoms with Crippen molar-refractivity contribution in [1.82, 2.24) is 10.2 Å². The largest absolute Gasteiger partial charge is 0.340 e. The highest BCUT2D eigenvalue weighted by molar-refractivity contribution is 5.99. The molecule has 0 aromatic heterocycles. The van der Waals surface area contributed by atoms with Crippen molar-refractivity contribution in [2.45, 2.75) is 96.2 Å². The highest BCUT2D eigenvalue weighted by atomic mass is 16.2. The average Bonchev–Trinajstić information content (AvgIpc) is 2.74. The van der Waals surface area contributed by atoms with E-state index in [4.69, 9.17) is 0 Å². The Morgan fingerprint density at radius 3 is 2.29 bits per heavy atom. The van der Waals surface area contributed by atoms with E-state index in [0.717, 1.165) is 25.7 Å². The maximum Gasteiger partial charge on any atom is 0.248 e. The van der Waals surface area contributed by atoms with Gasteiger partial charge < -0.3 is 10.2 Å². The molecule has 1 aliphatic carbocycles. The van der Waals surface area contributed by atoms with Crippen molar-refractivity contribution >= 4 is 11.8 Å². The zero-order valence-corrected chi connectivity index (χ0v) is 13.8. The maximum atomic E-state index is 13.0. The third-order valence-corrected chi connectivity index (χ3v) is 5.23. The molecule has 0 radical (unpaired) electrons. The molecule has 2 aliphatic rings. The lowest BCUT2D eigenvalue weighted by Gasteiger charge is -2.47. The van der Waals surface area contributed by atoms with Crippen LogP contribution in [0.15, 0.2) is 0 Å². The van der Waals surface area contributed by atoms with Crippen LogP contribution < -0.4 is 5.32 Å². The number of rotatable bonds is 4. The first-order valence-corrected chi connectivity index (χ1v) is 8.68. The van der Waals surface area contributed by atoms with E-state index in [1.54, 1.807) is 0 Å². The third-order valence-electron chi connectivity index (χ3n) is 5.23. The van der Waals surface area contributed by atoms with Gasteiger partial charge in [0.2, 0.25) is 11.8 Å². The van der Waals surface area contributed by atoms with Gasteiger partial charge >= 0.3 is 0 Å². The maximum absolute atomic E-state index is 13.0. The Bertz CT molecular complexity index is 388. The van der Waals surface area contributed by atoms with Crippen molar-refractivity contribution < 1.29 is 9.59 Å². The van der Waals surface area contributed by atoms with Gasteiger partial charge in [-0.05, 0) is 32.6 Å². The molecular weight excluding hydrogens is 264 g/mol. The molecule has 1 N–H and O–H groups in total. The molecule has 120 valence electrons. The summed E-state index contributed by atoms with van der Waals surface area (Å²) < 4.78 is 0. The van der Waals surface area contributed by atoms with E-state index in [-0.39, 0.29) is 23.9 Å². The number of hydrogen-bond donors (Lipinski definition) is 1. The second-order valence-corrected chi connectivity index (χ2v) is 6.84. The van der Waals surface area contributed by atoms with Gasteiger partial charge in [0.25, 0.3) is 0 Å². The highest BCUT2D eigenvalue weighted by Gasteiger charge is 2.48. The van der Waals surface area contributed by atoms with Crippen LogP contribution in [0, 0.1) is 0 Å². The van der Waals surface area contributed by atoms with E-state index < -0.39 is 5.54 Å². The predicted octanol–water partition coefficient (Wildman–Crippen LogP) is 3.01. The molecule has 4 nitrogen and oxygen atoms in total. The molecule has 2 amide bonds. The Hall–Kier alpha value is -1.06. The van der Waals surface area contributed by atoms with Crippen molar-refractivity contribution in [2.75, 3.05) is 0 Å². The van der Waals surface area contributed by atoms with Gasteiger partial charge in [-0.3, -0.25) is 9.59 Å². The topological polar surface area (TPSA) is 49.4 Å². The molecular formula is C17H30N2O2. The van der Waals surface area contributed by atoms with Gasteiger partial charge in [0, 0.05) is 6.04 Å². The summed E-state index contributed by atoms with van der Waals surface area (Å²) in [5, 5.41) is 2.98. The van der Waals surface area contributed by atoms with E-state index in [0.29, 0.717) is 6.42 Å². The molecule has 0 bridgehead atoms. The molecule has 1 saturated carbocycles. The summed E-state index contributed by atoms with van der Waals surface area (Å²) in [6, 6.07) is -0.00120. The number of piperazine rings is 1. The molecule has 0 spiro atoms. The fourth-order valence-corrected chi connectivity index (χ4v) is 3.70. The van der Waals surface area contributed by atoms with Crippen LogP contribution in [0.2, 0.25) is 0 Å². The first-order valence-electron chi connectivity index (χ1n) is 8.68. The molecule has 4 heteroatoms. The second kappa shape index (κ2) is 6.80. The van der Waals surface area contributed by atoms with Crippen molar-refractivity contribution in [3.63, 3.8) is 0 Å². The fourth-order valence-electron chi connectivity index (χ4n) is 3.70. The highest BCUT2D eigenvalue weighted by Crippen LogP contribution is 2.31. The van der Waals surface area contributed by atoms with Crippen LogP contribution in [0.25, 0.3) is 0 Å². The number of nitrogens with one attached hydrogen (secondary N) is 1. The van der Waals surface area contributed by atoms with Gasteiger partial charge in [0.05, 0.1) is 0 Å². The SMILES string of the molecule is CCCC1C(=O)NC(C)(CC)C(=O)N1C1CCCCCC1. The van der Waals surface area contributed by atoms with Crippen LogP contribution in [-0.2, 0) is 9.59 Å². The van der Waals surface area contributed by atoms with Crippen molar-refractivity contribution in [2.24, 2.45) is 0 Å². The van der Waals surface area contributed by atoms with Crippen LogP contribution in [0.3, 0.4) is 0 Å². The van der Waals surface area contributed by atoms with E-state index in [1.165, 1.54) is 25.7 Å². The summed E-state index contributed by atoms with van der Waals surface area (Å²) in [6.07, 6.45) is 9.33. The molecule has 2 fully saturated rings. The Labute approximate surface area is 128 Å². The van der Waals surface area contributed by atoms with Gasteiger partial charge in [-0.15, -0.1) is 0 Å². The monoisotopic (exact) mass is 294 g/mol. The smallest absolute Gasteiger partial charge is 0.248 e. The van der Waals surface area contributed by atoms with Gasteiger partial charge in [-0.2, -0.15) is 0 Å². The van der Waals surface area contributed by atoms with Crippen molar-refractivity contribution in [1.29, 1.82) is 0 Å². The van der Waals surface area contributed by atoms with E-state index in [1.807, 2.05) is 18.7 Å². The molecule has 1 heterocycles. The lowest BCUT2D eigenvalue weighted by atomic mass is 9.88. The van der Waals surface area contributed by atoms with Gasteiger partial charge in [-0.1, -0.05) is 46.0 Å². The first kappa shape index (κ1) is 16.3. The van der Waals surface area contributed by atoms with Gasteiger partial charge in [-0.25, -0.2) is 0 Å². The van der Waals surface area contributed by atoms with Gasteiger partial charge in [0.1, 0.15) is 11.6 Å². The summed E-state index contributed by atoms with van der Waals surface area (Å²) in [4.78, 5) is 27.5. The molecule has 2 rings (SSSR count). The number of nitrogens with zero attached hydrogens (tertiary/aromatic N) is 1. The van der Waals surface area contributed by atoms with Crippen molar-refractivity contribution in [3.8, 4) is 0 Å². The lowest BCUT2D eigenvalue weighted by molar-refractivity contribution is -0.158. The van der Waals surface area contributed by atoms with E-state index in [9.17, 15) is 9.59 Å². The molecule has 2 atom stereocenters. The third kappa shape index (κ3) is 3.24. The molecule has 0 aromatic rings. The zero-order valence-electron chi connectivity index (χ0n) is 13.8. The number of amides is 2. The second-order valence-electron chi connectivity index (χ2n) is 6.84. The van der Waals surface area contributed by atoms with Crippen LogP contribution in [0.4, 0.5) is 0 Å². The van der Waals surface area contributed by atoms with Crippen LogP contribution in [-0.4, -0.2) is 34.3 Å². The Balaban J connectivity index is 2.28. The minimum Gasteiger partial charge on any atom is -0.340 e. The molecule has 1 saturated heterocycles. The summed E-state index contributed by atoms with van der Waals surface area (Å²) in [6.45, 7) is 5.93. The molecule has 2 unspecified atom stereocenters. The summed E-state index contributed by atoms with van der Waals surface area (Å²) >= 11 is 0. The van der Waals surface area contributed by atoms with Crippen LogP contribution >= 0.6 is 0 Å². The standard InChI is InChI=1S/C17H30N2O2/c1-4-10-14-15(20)18-17(3,5-2)16(21)19(14)13-11-8-6-7-9-12-13/h13-14H,4-12H2,1-3H3,(H,18,20). The number of hydrogen-bond acceptors (Lipinski definition) is 2. The minimum atomic E-state index is -0.715. The Kier molecular flexibility index (Phi) is 5.28. The van der Waals surface area contributed by atoms with Gasteiger partial charge in [0.15, 0.2) is 0 Å². The molecule has 1 aliphatic heterocycles. The minimum absolute atomic E-state index is 0.0463. The first-order chi connectivity index (χ1) is 10.0. The summed E-state index contributed by atoms with van der Waals surface area (Å²) in [5.41, 5.74) is -0.715. The summed E-state index contributed by atoms with van der Waals surface area (Å²) in [7, 11) is 0. The Morgan fingerprint density at radius 2 is 1.76 bits per heavy atom. The fraction of sp³-hybridized carbons (Fsp3) is 0.882.